The Kier molecular flexibility index (Phi) is 6.04. The number of carbonyl (C=O) groups is 2. The van der Waals surface area contributed by atoms with E-state index in [0.717, 1.165) is 11.4 Å². The first-order chi connectivity index (χ1) is 11.1. The molecule has 7 nitrogen and oxygen atoms in total. The maximum absolute atomic E-state index is 12.2. The third-order valence-electron chi connectivity index (χ3n) is 2.86. The van der Waals surface area contributed by atoms with Crippen LogP contribution in [-0.2, 0) is 11.2 Å². The average Bonchev–Trinajstić information content (AvgIpc) is 3.01. The average molecular weight is 334 g/mol. The Bertz CT molecular complexity index is 687. The van der Waals surface area contributed by atoms with Crippen molar-refractivity contribution in [1.29, 1.82) is 0 Å². The molecular formula is C15H18N4O3S. The summed E-state index contributed by atoms with van der Waals surface area (Å²) >= 11 is 1.31. The SMILES string of the molecule is CCOc1ccccc1C(=O)NCC(=O)Nc1nnc(CC)s1. The first-order valence-electron chi connectivity index (χ1n) is 7.26. The number of hydrogen-bond donors (Lipinski definition) is 2. The standard InChI is InChI=1S/C15H18N4O3S/c1-3-13-18-19-15(23-13)17-12(20)9-16-14(21)10-7-5-6-8-11(10)22-4-2/h5-8H,3-4,9H2,1-2H3,(H,16,21)(H,17,19,20). The van der Waals surface area contributed by atoms with E-state index >= 15 is 0 Å². The molecular weight excluding hydrogens is 316 g/mol. The van der Waals surface area contributed by atoms with Gasteiger partial charge in [-0.25, -0.2) is 0 Å². The van der Waals surface area contributed by atoms with Crippen LogP contribution in [0, 0.1) is 0 Å². The number of aromatic nitrogens is 2. The van der Waals surface area contributed by atoms with Crippen molar-refractivity contribution in [2.45, 2.75) is 20.3 Å². The molecule has 0 saturated carbocycles. The molecule has 0 saturated heterocycles. The van der Waals surface area contributed by atoms with E-state index in [1.54, 1.807) is 24.3 Å². The maximum Gasteiger partial charge on any atom is 0.255 e. The van der Waals surface area contributed by atoms with Gasteiger partial charge in [-0.1, -0.05) is 30.4 Å². The second-order valence-electron chi connectivity index (χ2n) is 4.51. The van der Waals surface area contributed by atoms with Crippen molar-refractivity contribution in [3.05, 3.63) is 34.8 Å². The number of ether oxygens (including phenoxy) is 1. The minimum absolute atomic E-state index is 0.152. The lowest BCUT2D eigenvalue weighted by molar-refractivity contribution is -0.115. The molecule has 0 radical (unpaired) electrons. The second kappa shape index (κ2) is 8.23. The summed E-state index contributed by atoms with van der Waals surface area (Å²) in [7, 11) is 0. The Labute approximate surface area is 138 Å². The lowest BCUT2D eigenvalue weighted by Crippen LogP contribution is -2.33. The van der Waals surface area contributed by atoms with Gasteiger partial charge in [0.2, 0.25) is 11.0 Å². The molecule has 0 atom stereocenters. The normalized spacial score (nSPS) is 10.2. The molecule has 122 valence electrons. The fourth-order valence-electron chi connectivity index (χ4n) is 1.80. The number of hydrogen-bond acceptors (Lipinski definition) is 6. The molecule has 1 aromatic heterocycles. The molecule has 0 spiro atoms. The van der Waals surface area contributed by atoms with Gasteiger partial charge in [0.05, 0.1) is 18.7 Å². The van der Waals surface area contributed by atoms with Crippen molar-refractivity contribution in [3.8, 4) is 5.75 Å². The van der Waals surface area contributed by atoms with Crippen molar-refractivity contribution >= 4 is 28.3 Å². The van der Waals surface area contributed by atoms with Crippen LogP contribution in [0.25, 0.3) is 0 Å². The van der Waals surface area contributed by atoms with E-state index in [1.165, 1.54) is 11.3 Å². The molecule has 8 heteroatoms. The summed E-state index contributed by atoms with van der Waals surface area (Å²) in [6.45, 7) is 4.11. The van der Waals surface area contributed by atoms with E-state index in [4.69, 9.17) is 4.74 Å². The smallest absolute Gasteiger partial charge is 0.255 e. The quantitative estimate of drug-likeness (QED) is 0.806. The highest BCUT2D eigenvalue weighted by Crippen LogP contribution is 2.18. The Morgan fingerprint density at radius 3 is 2.70 bits per heavy atom. The summed E-state index contributed by atoms with van der Waals surface area (Å²) in [5.41, 5.74) is 0.395. The number of benzene rings is 1. The fraction of sp³-hybridized carbons (Fsp3) is 0.333. The number of nitrogens with one attached hydrogen (secondary N) is 2. The molecule has 0 aliphatic heterocycles. The zero-order valence-electron chi connectivity index (χ0n) is 13.0. The van der Waals surface area contributed by atoms with Crippen LogP contribution in [0.2, 0.25) is 0 Å². The van der Waals surface area contributed by atoms with Crippen molar-refractivity contribution in [1.82, 2.24) is 15.5 Å². The summed E-state index contributed by atoms with van der Waals surface area (Å²) in [5, 5.41) is 14.2. The van der Waals surface area contributed by atoms with Gasteiger partial charge in [0, 0.05) is 0 Å². The summed E-state index contributed by atoms with van der Waals surface area (Å²) in [6.07, 6.45) is 0.762. The number of amides is 2. The van der Waals surface area contributed by atoms with Gasteiger partial charge in [-0.05, 0) is 25.5 Å². The zero-order valence-corrected chi connectivity index (χ0v) is 13.8. The van der Waals surface area contributed by atoms with Gasteiger partial charge in [0.1, 0.15) is 10.8 Å². The van der Waals surface area contributed by atoms with Crippen LogP contribution < -0.4 is 15.4 Å². The number of rotatable bonds is 7. The van der Waals surface area contributed by atoms with E-state index in [0.29, 0.717) is 23.1 Å². The summed E-state index contributed by atoms with van der Waals surface area (Å²) in [4.78, 5) is 24.0. The molecule has 2 aromatic rings. The molecule has 1 aromatic carbocycles. The molecule has 2 N–H and O–H groups in total. The Balaban J connectivity index is 1.90. The number of nitrogens with zero attached hydrogens (tertiary/aromatic N) is 2. The Morgan fingerprint density at radius 2 is 2.00 bits per heavy atom. The number of para-hydroxylation sites is 1. The highest BCUT2D eigenvalue weighted by Gasteiger charge is 2.13. The molecule has 2 amide bonds. The predicted molar refractivity (Wildman–Crippen MR) is 87.9 cm³/mol. The van der Waals surface area contributed by atoms with Crippen LogP contribution in [-0.4, -0.2) is 35.2 Å². The largest absolute Gasteiger partial charge is 0.493 e. The van der Waals surface area contributed by atoms with E-state index in [1.807, 2.05) is 13.8 Å². The highest BCUT2D eigenvalue weighted by molar-refractivity contribution is 7.15. The van der Waals surface area contributed by atoms with Gasteiger partial charge < -0.3 is 10.1 Å². The van der Waals surface area contributed by atoms with Crippen LogP contribution >= 0.6 is 11.3 Å². The van der Waals surface area contributed by atoms with E-state index in [-0.39, 0.29) is 18.4 Å². The van der Waals surface area contributed by atoms with Crippen molar-refractivity contribution in [2.24, 2.45) is 0 Å². The summed E-state index contributed by atoms with van der Waals surface area (Å²) in [6, 6.07) is 6.89. The van der Waals surface area contributed by atoms with Gasteiger partial charge in [0.15, 0.2) is 0 Å². The van der Waals surface area contributed by atoms with Gasteiger partial charge in [-0.3, -0.25) is 14.9 Å². The van der Waals surface area contributed by atoms with Gasteiger partial charge in [-0.15, -0.1) is 10.2 Å². The molecule has 2 rings (SSSR count). The molecule has 23 heavy (non-hydrogen) atoms. The zero-order chi connectivity index (χ0) is 16.7. The molecule has 0 aliphatic carbocycles. The van der Waals surface area contributed by atoms with E-state index in [9.17, 15) is 9.59 Å². The minimum atomic E-state index is -0.365. The van der Waals surface area contributed by atoms with Crippen molar-refractivity contribution in [2.75, 3.05) is 18.5 Å². The van der Waals surface area contributed by atoms with Crippen LogP contribution in [0.1, 0.15) is 29.2 Å². The van der Waals surface area contributed by atoms with Gasteiger partial charge >= 0.3 is 0 Å². The Hall–Kier alpha value is -2.48. The highest BCUT2D eigenvalue weighted by atomic mass is 32.1. The number of carbonyl (C=O) groups excluding carboxylic acids is 2. The van der Waals surface area contributed by atoms with Crippen LogP contribution in [0.5, 0.6) is 5.75 Å². The first-order valence-corrected chi connectivity index (χ1v) is 8.08. The molecule has 0 bridgehead atoms. The summed E-state index contributed by atoms with van der Waals surface area (Å²) in [5.74, 6) is -0.230. The first kappa shape index (κ1) is 16.9. The van der Waals surface area contributed by atoms with E-state index in [2.05, 4.69) is 20.8 Å². The third-order valence-corrected chi connectivity index (χ3v) is 3.84. The maximum atomic E-state index is 12.2. The lowest BCUT2D eigenvalue weighted by atomic mass is 10.2. The number of anilines is 1. The predicted octanol–water partition coefficient (Wildman–Crippen LogP) is 1.87. The molecule has 1 heterocycles. The van der Waals surface area contributed by atoms with Crippen LogP contribution in [0.4, 0.5) is 5.13 Å². The Morgan fingerprint density at radius 1 is 1.22 bits per heavy atom. The number of aryl methyl sites for hydroxylation is 1. The minimum Gasteiger partial charge on any atom is -0.493 e. The summed E-state index contributed by atoms with van der Waals surface area (Å²) < 4.78 is 5.40. The fourth-order valence-corrected chi connectivity index (χ4v) is 2.50. The van der Waals surface area contributed by atoms with Gasteiger partial charge in [-0.2, -0.15) is 0 Å². The van der Waals surface area contributed by atoms with Crippen LogP contribution in [0.3, 0.4) is 0 Å². The van der Waals surface area contributed by atoms with Gasteiger partial charge in [0.25, 0.3) is 5.91 Å². The van der Waals surface area contributed by atoms with Crippen molar-refractivity contribution in [3.63, 3.8) is 0 Å². The van der Waals surface area contributed by atoms with E-state index < -0.39 is 0 Å². The molecule has 0 aliphatic rings. The monoisotopic (exact) mass is 334 g/mol. The van der Waals surface area contributed by atoms with Crippen molar-refractivity contribution < 1.29 is 14.3 Å². The molecule has 0 unspecified atom stereocenters. The topological polar surface area (TPSA) is 93.2 Å². The lowest BCUT2D eigenvalue weighted by Gasteiger charge is -2.10. The molecule has 0 fully saturated rings. The third kappa shape index (κ3) is 4.75. The van der Waals surface area contributed by atoms with Crippen LogP contribution in [0.15, 0.2) is 24.3 Å². The second-order valence-corrected chi connectivity index (χ2v) is 5.58.